The predicted octanol–water partition coefficient (Wildman–Crippen LogP) is 2.32. The van der Waals surface area contributed by atoms with Gasteiger partial charge in [0, 0.05) is 13.1 Å². The van der Waals surface area contributed by atoms with Crippen LogP contribution in [0.1, 0.15) is 30.0 Å². The van der Waals surface area contributed by atoms with Crippen LogP contribution in [0.5, 0.6) is 0 Å². The first-order valence-electron chi connectivity index (χ1n) is 7.71. The van der Waals surface area contributed by atoms with Crippen LogP contribution < -0.4 is 0 Å². The highest BCUT2D eigenvalue weighted by Gasteiger charge is 2.36. The summed E-state index contributed by atoms with van der Waals surface area (Å²) in [5.41, 5.74) is 1.72. The molecule has 2 aromatic rings. The van der Waals surface area contributed by atoms with Gasteiger partial charge < -0.3 is 4.74 Å². The molecule has 1 aromatic heterocycles. The largest absolute Gasteiger partial charge is 0.368 e. The van der Waals surface area contributed by atoms with E-state index in [4.69, 9.17) is 4.74 Å². The summed E-state index contributed by atoms with van der Waals surface area (Å²) in [6.07, 6.45) is -0.701. The number of ether oxygens (including phenoxy) is 1. The van der Waals surface area contributed by atoms with Gasteiger partial charge in [-0.3, -0.25) is 5.10 Å². The van der Waals surface area contributed by atoms with E-state index in [1.54, 1.807) is 26.0 Å². The van der Waals surface area contributed by atoms with E-state index in [-0.39, 0.29) is 29.9 Å². The number of hydrogen-bond donors (Lipinski definition) is 1. The number of sulfonamides is 1. The lowest BCUT2D eigenvalue weighted by Crippen LogP contribution is -2.46. The molecule has 2 heterocycles. The highest BCUT2D eigenvalue weighted by molar-refractivity contribution is 7.89. The maximum Gasteiger partial charge on any atom is 0.246 e. The van der Waals surface area contributed by atoms with Gasteiger partial charge >= 0.3 is 0 Å². The van der Waals surface area contributed by atoms with Crippen LogP contribution in [0.3, 0.4) is 0 Å². The summed E-state index contributed by atoms with van der Waals surface area (Å²) in [6, 6.07) is 5.94. The van der Waals surface area contributed by atoms with Gasteiger partial charge in [0.15, 0.2) is 0 Å². The summed E-state index contributed by atoms with van der Waals surface area (Å²) in [7, 11) is -3.68. The van der Waals surface area contributed by atoms with Gasteiger partial charge in [0.2, 0.25) is 10.0 Å². The van der Waals surface area contributed by atoms with Crippen molar-refractivity contribution in [3.63, 3.8) is 0 Å². The first kappa shape index (κ1) is 17.1. The van der Waals surface area contributed by atoms with Gasteiger partial charge in [-0.25, -0.2) is 12.8 Å². The van der Waals surface area contributed by atoms with Gasteiger partial charge in [0.1, 0.15) is 10.7 Å². The SMILES string of the molecule is Cc1n[nH]c(C)c1S(=O)(=O)N1CC(C)OC(c2ccc(F)cc2)C1. The van der Waals surface area contributed by atoms with E-state index in [1.807, 2.05) is 6.92 Å². The monoisotopic (exact) mass is 353 g/mol. The second-order valence-electron chi connectivity index (χ2n) is 6.07. The minimum atomic E-state index is -3.68. The molecule has 2 unspecified atom stereocenters. The Morgan fingerprint density at radius 3 is 2.50 bits per heavy atom. The van der Waals surface area contributed by atoms with Crippen molar-refractivity contribution in [1.82, 2.24) is 14.5 Å². The Morgan fingerprint density at radius 1 is 1.25 bits per heavy atom. The Labute approximate surface area is 140 Å². The average molecular weight is 353 g/mol. The third kappa shape index (κ3) is 3.09. The lowest BCUT2D eigenvalue weighted by molar-refractivity contribution is -0.0557. The molecule has 1 aromatic carbocycles. The summed E-state index contributed by atoms with van der Waals surface area (Å²) < 4.78 is 46.4. The molecule has 0 saturated carbocycles. The summed E-state index contributed by atoms with van der Waals surface area (Å²) in [5.74, 6) is -0.336. The molecule has 1 saturated heterocycles. The number of morpholine rings is 1. The normalized spacial score (nSPS) is 22.7. The number of H-pyrrole nitrogens is 1. The van der Waals surface area contributed by atoms with Gasteiger partial charge in [-0.2, -0.15) is 9.40 Å². The number of nitrogens with zero attached hydrogens (tertiary/aromatic N) is 2. The number of aromatic nitrogens is 2. The van der Waals surface area contributed by atoms with Crippen LogP contribution in [0.15, 0.2) is 29.2 Å². The summed E-state index contributed by atoms with van der Waals surface area (Å²) in [6.45, 7) is 5.63. The van der Waals surface area contributed by atoms with Gasteiger partial charge in [-0.1, -0.05) is 12.1 Å². The fourth-order valence-electron chi connectivity index (χ4n) is 3.02. The van der Waals surface area contributed by atoms with Crippen LogP contribution in [0, 0.1) is 19.7 Å². The van der Waals surface area contributed by atoms with E-state index in [0.29, 0.717) is 11.4 Å². The zero-order valence-electron chi connectivity index (χ0n) is 13.8. The van der Waals surface area contributed by atoms with Crippen molar-refractivity contribution in [3.8, 4) is 0 Å². The fourth-order valence-corrected chi connectivity index (χ4v) is 4.87. The van der Waals surface area contributed by atoms with E-state index in [0.717, 1.165) is 5.56 Å². The topological polar surface area (TPSA) is 75.3 Å². The van der Waals surface area contributed by atoms with Gasteiger partial charge in [0.05, 0.1) is 23.6 Å². The molecule has 6 nitrogen and oxygen atoms in total. The number of nitrogens with one attached hydrogen (secondary N) is 1. The number of rotatable bonds is 3. The molecule has 0 bridgehead atoms. The van der Waals surface area contributed by atoms with E-state index < -0.39 is 16.1 Å². The third-order valence-corrected chi connectivity index (χ3v) is 6.22. The Morgan fingerprint density at radius 2 is 1.92 bits per heavy atom. The van der Waals surface area contributed by atoms with E-state index >= 15 is 0 Å². The smallest absolute Gasteiger partial charge is 0.246 e. The minimum absolute atomic E-state index is 0.183. The summed E-state index contributed by atoms with van der Waals surface area (Å²) >= 11 is 0. The first-order valence-corrected chi connectivity index (χ1v) is 9.15. The van der Waals surface area contributed by atoms with E-state index in [2.05, 4.69) is 10.2 Å². The molecular formula is C16H20FN3O3S. The van der Waals surface area contributed by atoms with E-state index in [1.165, 1.54) is 16.4 Å². The number of benzene rings is 1. The molecule has 1 aliphatic heterocycles. The minimum Gasteiger partial charge on any atom is -0.368 e. The lowest BCUT2D eigenvalue weighted by Gasteiger charge is -2.36. The number of halogens is 1. The Hall–Kier alpha value is -1.77. The second-order valence-corrected chi connectivity index (χ2v) is 7.95. The molecule has 130 valence electrons. The molecule has 1 fully saturated rings. The van der Waals surface area contributed by atoms with Gasteiger partial charge in [0.25, 0.3) is 0 Å². The molecule has 0 spiro atoms. The second kappa shape index (κ2) is 6.27. The molecule has 0 amide bonds. The van der Waals surface area contributed by atoms with Crippen molar-refractivity contribution in [3.05, 3.63) is 47.0 Å². The highest BCUT2D eigenvalue weighted by atomic mass is 32.2. The molecule has 0 aliphatic carbocycles. The maximum atomic E-state index is 13.1. The number of hydrogen-bond acceptors (Lipinski definition) is 4. The zero-order chi connectivity index (χ0) is 17.5. The Bertz CT molecular complexity index is 813. The molecule has 24 heavy (non-hydrogen) atoms. The quantitative estimate of drug-likeness (QED) is 0.919. The van der Waals surface area contributed by atoms with Crippen LogP contribution in [-0.4, -0.2) is 42.1 Å². The Kier molecular flexibility index (Phi) is 4.46. The summed E-state index contributed by atoms with van der Waals surface area (Å²) in [5, 5.41) is 6.69. The third-order valence-electron chi connectivity index (χ3n) is 4.13. The fraction of sp³-hybridized carbons (Fsp3) is 0.438. The van der Waals surface area contributed by atoms with Crippen molar-refractivity contribution in [2.75, 3.05) is 13.1 Å². The van der Waals surface area contributed by atoms with Crippen LogP contribution in [0.2, 0.25) is 0 Å². The molecule has 8 heteroatoms. The van der Waals surface area contributed by atoms with E-state index in [9.17, 15) is 12.8 Å². The highest BCUT2D eigenvalue weighted by Crippen LogP contribution is 2.30. The van der Waals surface area contributed by atoms with Gasteiger partial charge in [-0.15, -0.1) is 0 Å². The lowest BCUT2D eigenvalue weighted by atomic mass is 10.1. The Balaban J connectivity index is 1.92. The van der Waals surface area contributed by atoms with Crippen molar-refractivity contribution in [1.29, 1.82) is 0 Å². The molecule has 3 rings (SSSR count). The standard InChI is InChI=1S/C16H20FN3O3S/c1-10-8-20(24(21,22)16-11(2)18-19-12(16)3)9-15(23-10)13-4-6-14(17)7-5-13/h4-7,10,15H,8-9H2,1-3H3,(H,18,19). The zero-order valence-corrected chi connectivity index (χ0v) is 14.6. The van der Waals surface area contributed by atoms with Crippen molar-refractivity contribution in [2.45, 2.75) is 37.9 Å². The number of aromatic amines is 1. The van der Waals surface area contributed by atoms with Crippen LogP contribution in [0.4, 0.5) is 4.39 Å². The van der Waals surface area contributed by atoms with Gasteiger partial charge in [-0.05, 0) is 38.5 Å². The molecule has 0 radical (unpaired) electrons. The first-order chi connectivity index (χ1) is 11.3. The maximum absolute atomic E-state index is 13.1. The molecule has 1 N–H and O–H groups in total. The van der Waals surface area contributed by atoms with Crippen molar-refractivity contribution < 1.29 is 17.5 Å². The predicted molar refractivity (Wildman–Crippen MR) is 86.5 cm³/mol. The van der Waals surface area contributed by atoms with Crippen LogP contribution in [-0.2, 0) is 14.8 Å². The average Bonchev–Trinajstić information content (AvgIpc) is 2.87. The molecule has 1 aliphatic rings. The number of aryl methyl sites for hydroxylation is 2. The van der Waals surface area contributed by atoms with Crippen molar-refractivity contribution in [2.24, 2.45) is 0 Å². The van der Waals surface area contributed by atoms with Crippen LogP contribution in [0.25, 0.3) is 0 Å². The van der Waals surface area contributed by atoms with Crippen LogP contribution >= 0.6 is 0 Å². The molecular weight excluding hydrogens is 333 g/mol. The molecule has 2 atom stereocenters. The summed E-state index contributed by atoms with van der Waals surface area (Å²) in [4.78, 5) is 0.217. The van der Waals surface area contributed by atoms with Crippen molar-refractivity contribution >= 4 is 10.0 Å².